The van der Waals surface area contributed by atoms with Gasteiger partial charge in [-0.15, -0.1) is 0 Å². The lowest BCUT2D eigenvalue weighted by Crippen LogP contribution is -2.25. The van der Waals surface area contributed by atoms with Crippen molar-refractivity contribution in [2.75, 3.05) is 13.2 Å². The summed E-state index contributed by atoms with van der Waals surface area (Å²) in [5.74, 6) is 1.74. The molecule has 3 aromatic rings. The quantitative estimate of drug-likeness (QED) is 0.699. The van der Waals surface area contributed by atoms with Gasteiger partial charge in [-0.1, -0.05) is 32.0 Å². The van der Waals surface area contributed by atoms with Gasteiger partial charge in [-0.05, 0) is 31.5 Å². The molecule has 1 N–H and O–H groups in total. The zero-order valence-corrected chi connectivity index (χ0v) is 17.0. The minimum Gasteiger partial charge on any atom is -0.491 e. The first-order valence-electron chi connectivity index (χ1n) is 9.82. The summed E-state index contributed by atoms with van der Waals surface area (Å²) in [7, 11) is 0. The highest BCUT2D eigenvalue weighted by molar-refractivity contribution is 5.99. The lowest BCUT2D eigenvalue weighted by atomic mass is 9.84. The van der Waals surface area contributed by atoms with E-state index >= 15 is 0 Å². The highest BCUT2D eigenvalue weighted by Crippen LogP contribution is 2.33. The van der Waals surface area contributed by atoms with Crippen LogP contribution in [0.5, 0.6) is 5.75 Å². The van der Waals surface area contributed by atoms with Crippen molar-refractivity contribution in [1.29, 1.82) is 0 Å². The molecule has 28 heavy (non-hydrogen) atoms. The Morgan fingerprint density at radius 2 is 2.07 bits per heavy atom. The number of ketones is 1. The molecule has 0 atom stereocenters. The number of rotatable bonds is 4. The first-order valence-corrected chi connectivity index (χ1v) is 9.82. The number of hydrogen-bond acceptors (Lipinski definition) is 4. The van der Waals surface area contributed by atoms with E-state index in [2.05, 4.69) is 36.6 Å². The molecule has 0 amide bonds. The van der Waals surface area contributed by atoms with E-state index in [4.69, 9.17) is 9.72 Å². The molecule has 0 radical (unpaired) electrons. The monoisotopic (exact) mass is 377 g/mol. The molecule has 0 spiro atoms. The van der Waals surface area contributed by atoms with Gasteiger partial charge in [-0.2, -0.15) is 0 Å². The maximum atomic E-state index is 13.3. The Kier molecular flexibility index (Phi) is 4.71. The summed E-state index contributed by atoms with van der Waals surface area (Å²) in [6.45, 7) is 10.4. The topological polar surface area (TPSA) is 55.6 Å². The SMILES string of the molecule is Cc1cccn2c(C(C)(C)CC(=O)c3cccc4c3OCCNC4)nc(C)c12. The molecular formula is C23H27N3O2. The second kappa shape index (κ2) is 7.06. The molecule has 1 aliphatic heterocycles. The van der Waals surface area contributed by atoms with Crippen molar-refractivity contribution in [2.45, 2.75) is 46.1 Å². The summed E-state index contributed by atoms with van der Waals surface area (Å²) in [6, 6.07) is 9.96. The number of para-hydroxylation sites is 1. The van der Waals surface area contributed by atoms with Gasteiger partial charge in [0.25, 0.3) is 0 Å². The summed E-state index contributed by atoms with van der Waals surface area (Å²) in [6.07, 6.45) is 2.40. The molecule has 0 fully saturated rings. The number of fused-ring (bicyclic) bond motifs is 2. The zero-order valence-electron chi connectivity index (χ0n) is 17.0. The molecule has 0 bridgehead atoms. The van der Waals surface area contributed by atoms with E-state index in [1.165, 1.54) is 5.56 Å². The van der Waals surface area contributed by atoms with Gasteiger partial charge >= 0.3 is 0 Å². The van der Waals surface area contributed by atoms with Crippen LogP contribution in [-0.4, -0.2) is 28.3 Å². The Labute approximate surface area is 165 Å². The van der Waals surface area contributed by atoms with E-state index < -0.39 is 5.41 Å². The number of carbonyl (C=O) groups excluding carboxylic acids is 1. The minimum absolute atomic E-state index is 0.0887. The average molecular weight is 377 g/mol. The number of ether oxygens (including phenoxy) is 1. The van der Waals surface area contributed by atoms with Crippen LogP contribution in [0.25, 0.3) is 5.52 Å². The van der Waals surface area contributed by atoms with Crippen LogP contribution in [0.15, 0.2) is 36.5 Å². The van der Waals surface area contributed by atoms with E-state index in [0.717, 1.165) is 41.4 Å². The molecule has 0 unspecified atom stereocenters. The van der Waals surface area contributed by atoms with Gasteiger partial charge in [0.2, 0.25) is 0 Å². The molecule has 5 nitrogen and oxygen atoms in total. The minimum atomic E-state index is -0.409. The Morgan fingerprint density at radius 3 is 2.89 bits per heavy atom. The maximum absolute atomic E-state index is 13.3. The van der Waals surface area contributed by atoms with Crippen LogP contribution in [0, 0.1) is 13.8 Å². The molecule has 0 saturated heterocycles. The number of hydrogen-bond donors (Lipinski definition) is 1. The average Bonchev–Trinajstić information content (AvgIpc) is 2.85. The van der Waals surface area contributed by atoms with Gasteiger partial charge in [0.05, 0.1) is 16.8 Å². The van der Waals surface area contributed by atoms with Gasteiger partial charge < -0.3 is 14.5 Å². The third kappa shape index (κ3) is 3.20. The fraction of sp³-hybridized carbons (Fsp3) is 0.391. The van der Waals surface area contributed by atoms with Crippen LogP contribution in [0.4, 0.5) is 0 Å². The summed E-state index contributed by atoms with van der Waals surface area (Å²) < 4.78 is 8.04. The predicted octanol–water partition coefficient (Wildman–Crippen LogP) is 3.98. The van der Waals surface area contributed by atoms with Crippen molar-refractivity contribution in [1.82, 2.24) is 14.7 Å². The largest absolute Gasteiger partial charge is 0.491 e. The van der Waals surface area contributed by atoms with Gasteiger partial charge in [-0.3, -0.25) is 4.79 Å². The van der Waals surface area contributed by atoms with Crippen LogP contribution < -0.4 is 10.1 Å². The summed E-state index contributed by atoms with van der Waals surface area (Å²) >= 11 is 0. The molecule has 0 saturated carbocycles. The smallest absolute Gasteiger partial charge is 0.167 e. The first-order chi connectivity index (χ1) is 13.4. The van der Waals surface area contributed by atoms with Gasteiger partial charge in [0.1, 0.15) is 18.2 Å². The normalized spacial score (nSPS) is 14.4. The van der Waals surface area contributed by atoms with E-state index in [-0.39, 0.29) is 5.78 Å². The van der Waals surface area contributed by atoms with Gasteiger partial charge in [0, 0.05) is 36.7 Å². The lowest BCUT2D eigenvalue weighted by molar-refractivity contribution is 0.0951. The number of imidazole rings is 1. The van der Waals surface area contributed by atoms with E-state index in [0.29, 0.717) is 18.6 Å². The van der Waals surface area contributed by atoms with E-state index in [1.807, 2.05) is 37.4 Å². The zero-order chi connectivity index (χ0) is 19.9. The molecule has 2 aromatic heterocycles. The molecule has 0 aliphatic carbocycles. The predicted molar refractivity (Wildman–Crippen MR) is 110 cm³/mol. The van der Waals surface area contributed by atoms with Crippen LogP contribution in [0.1, 0.15) is 53.3 Å². The number of Topliss-reactive ketones (excluding diaryl/α,β-unsaturated/α-hetero) is 1. The van der Waals surface area contributed by atoms with Crippen molar-refractivity contribution in [3.8, 4) is 5.75 Å². The number of aryl methyl sites for hydroxylation is 2. The van der Waals surface area contributed by atoms with Crippen LogP contribution >= 0.6 is 0 Å². The number of nitrogens with one attached hydrogen (secondary N) is 1. The highest BCUT2D eigenvalue weighted by atomic mass is 16.5. The third-order valence-corrected chi connectivity index (χ3v) is 5.49. The maximum Gasteiger partial charge on any atom is 0.167 e. The lowest BCUT2D eigenvalue weighted by Gasteiger charge is -2.23. The van der Waals surface area contributed by atoms with Crippen molar-refractivity contribution in [2.24, 2.45) is 0 Å². The fourth-order valence-corrected chi connectivity index (χ4v) is 4.13. The molecule has 1 aromatic carbocycles. The van der Waals surface area contributed by atoms with Crippen molar-refractivity contribution in [3.05, 3.63) is 64.7 Å². The molecule has 3 heterocycles. The number of nitrogens with zero attached hydrogens (tertiary/aromatic N) is 2. The molecular weight excluding hydrogens is 350 g/mol. The first kappa shape index (κ1) is 18.7. The summed E-state index contributed by atoms with van der Waals surface area (Å²) in [4.78, 5) is 18.1. The van der Waals surface area contributed by atoms with Gasteiger partial charge in [-0.25, -0.2) is 4.98 Å². The fourth-order valence-electron chi connectivity index (χ4n) is 4.13. The Balaban J connectivity index is 1.70. The van der Waals surface area contributed by atoms with E-state index in [1.54, 1.807) is 0 Å². The molecule has 1 aliphatic rings. The van der Waals surface area contributed by atoms with Gasteiger partial charge in [0.15, 0.2) is 5.78 Å². The standard InChI is InChI=1S/C23H27N3O2/c1-15-7-6-11-26-20(15)16(2)25-22(26)23(3,4)13-19(27)18-9-5-8-17-14-24-10-12-28-21(17)18/h5-9,11,24H,10,12-14H2,1-4H3. The molecule has 5 heteroatoms. The van der Waals surface area contributed by atoms with Crippen molar-refractivity contribution >= 4 is 11.3 Å². The number of benzene rings is 1. The Bertz CT molecular complexity index is 1050. The van der Waals surface area contributed by atoms with Crippen molar-refractivity contribution in [3.63, 3.8) is 0 Å². The van der Waals surface area contributed by atoms with E-state index in [9.17, 15) is 4.79 Å². The Morgan fingerprint density at radius 1 is 1.25 bits per heavy atom. The highest BCUT2D eigenvalue weighted by Gasteiger charge is 2.31. The van der Waals surface area contributed by atoms with Crippen molar-refractivity contribution < 1.29 is 9.53 Å². The molecule has 4 rings (SSSR count). The summed E-state index contributed by atoms with van der Waals surface area (Å²) in [5, 5.41) is 3.32. The number of carbonyl (C=O) groups is 1. The second-order valence-electron chi connectivity index (χ2n) is 8.23. The third-order valence-electron chi connectivity index (χ3n) is 5.49. The molecule has 146 valence electrons. The summed E-state index contributed by atoms with van der Waals surface area (Å²) in [5.41, 5.74) is 4.61. The number of aromatic nitrogens is 2. The van der Waals surface area contributed by atoms with Crippen LogP contribution in [-0.2, 0) is 12.0 Å². The number of pyridine rings is 1. The van der Waals surface area contributed by atoms with Crippen LogP contribution in [0.2, 0.25) is 0 Å². The van der Waals surface area contributed by atoms with Crippen LogP contribution in [0.3, 0.4) is 0 Å². The second-order valence-corrected chi connectivity index (χ2v) is 8.23. The Hall–Kier alpha value is -2.66.